The summed E-state index contributed by atoms with van der Waals surface area (Å²) in [6.45, 7) is 12.2. The van der Waals surface area contributed by atoms with Gasteiger partial charge in [0, 0.05) is 0 Å². The summed E-state index contributed by atoms with van der Waals surface area (Å²) in [6.07, 6.45) is 8.75. The van der Waals surface area contributed by atoms with Gasteiger partial charge in [0.15, 0.2) is 0 Å². The second-order valence-corrected chi connectivity index (χ2v) is 2.47. The second-order valence-electron chi connectivity index (χ2n) is 2.47. The molecule has 0 aromatic heterocycles. The standard InChI is InChI=1S/C5H10.C3H8.2C2H6.CH4/c1-2-4-5-3-1;1-3-2;2*1-2;/h1-5H2;3H2,1-2H3;2*1-2H3;1H4. The van der Waals surface area contributed by atoms with Crippen molar-refractivity contribution < 1.29 is 0 Å². The van der Waals surface area contributed by atoms with Gasteiger partial charge in [-0.15, -0.1) is 0 Å². The lowest BCUT2D eigenvalue weighted by molar-refractivity contribution is 0.886. The van der Waals surface area contributed by atoms with Crippen LogP contribution in [0.3, 0.4) is 0 Å². The van der Waals surface area contributed by atoms with Crippen LogP contribution in [0, 0.1) is 0 Å². The first kappa shape index (κ1) is 23.1. The highest BCUT2D eigenvalue weighted by Gasteiger charge is 1.95. The topological polar surface area (TPSA) is 0 Å². The molecule has 86 valence electrons. The van der Waals surface area contributed by atoms with E-state index in [1.165, 1.54) is 38.5 Å². The Balaban J connectivity index is -0.0000000453. The summed E-state index contributed by atoms with van der Waals surface area (Å²) in [6, 6.07) is 0. The van der Waals surface area contributed by atoms with Gasteiger partial charge in [-0.2, -0.15) is 0 Å². The Labute approximate surface area is 88.1 Å². The van der Waals surface area contributed by atoms with Gasteiger partial charge >= 0.3 is 0 Å². The van der Waals surface area contributed by atoms with E-state index in [9.17, 15) is 0 Å². The molecule has 1 aliphatic carbocycles. The van der Waals surface area contributed by atoms with Crippen molar-refractivity contribution in [2.75, 3.05) is 0 Å². The molecule has 0 N–H and O–H groups in total. The highest BCUT2D eigenvalue weighted by molar-refractivity contribution is 4.51. The fourth-order valence-corrected chi connectivity index (χ4v) is 0.884. The van der Waals surface area contributed by atoms with Crippen LogP contribution in [0.25, 0.3) is 0 Å². The number of hydrogen-bond donors (Lipinski definition) is 0. The van der Waals surface area contributed by atoms with Crippen molar-refractivity contribution in [3.05, 3.63) is 0 Å². The van der Waals surface area contributed by atoms with E-state index in [1.807, 2.05) is 27.7 Å². The molecule has 0 nitrogen and oxygen atoms in total. The molecule has 1 aliphatic rings. The highest BCUT2D eigenvalue weighted by atomic mass is 14.0. The summed E-state index contributed by atoms with van der Waals surface area (Å²) in [4.78, 5) is 0. The van der Waals surface area contributed by atoms with Gasteiger partial charge in [-0.1, -0.05) is 87.5 Å². The quantitative estimate of drug-likeness (QED) is 0.436. The molecule has 0 aromatic carbocycles. The Bertz CT molecular complexity index is 19.4. The SMILES string of the molecule is C.C1CCCC1.CC.CC.CCC. The van der Waals surface area contributed by atoms with Crippen molar-refractivity contribution >= 4 is 0 Å². The lowest BCUT2D eigenvalue weighted by atomic mass is 10.4. The van der Waals surface area contributed by atoms with Gasteiger partial charge in [0.05, 0.1) is 0 Å². The number of rotatable bonds is 0. The normalized spacial score (nSPS) is 11.5. The van der Waals surface area contributed by atoms with Crippen LogP contribution in [-0.2, 0) is 0 Å². The van der Waals surface area contributed by atoms with Gasteiger partial charge in [0.2, 0.25) is 0 Å². The van der Waals surface area contributed by atoms with Crippen LogP contribution >= 0.6 is 0 Å². The van der Waals surface area contributed by atoms with E-state index >= 15 is 0 Å². The minimum atomic E-state index is 0. The van der Waals surface area contributed by atoms with Gasteiger partial charge in [0.1, 0.15) is 0 Å². The monoisotopic (exact) mass is 190 g/mol. The lowest BCUT2D eigenvalue weighted by Crippen LogP contribution is -1.47. The summed E-state index contributed by atoms with van der Waals surface area (Å²) in [5, 5.41) is 0. The van der Waals surface area contributed by atoms with Crippen LogP contribution in [0.4, 0.5) is 0 Å². The van der Waals surface area contributed by atoms with E-state index in [0.717, 1.165) is 0 Å². The zero-order valence-electron chi connectivity index (χ0n) is 10.2. The maximum Gasteiger partial charge on any atom is -0.0533 e. The van der Waals surface area contributed by atoms with Crippen molar-refractivity contribution in [1.82, 2.24) is 0 Å². The summed E-state index contributed by atoms with van der Waals surface area (Å²) in [7, 11) is 0. The molecule has 0 radical (unpaired) electrons. The Morgan fingerprint density at radius 1 is 0.615 bits per heavy atom. The fourth-order valence-electron chi connectivity index (χ4n) is 0.884. The third-order valence-electron chi connectivity index (χ3n) is 1.25. The Morgan fingerprint density at radius 3 is 0.769 bits per heavy atom. The molecule has 0 bridgehead atoms. The molecule has 0 aliphatic heterocycles. The van der Waals surface area contributed by atoms with Crippen LogP contribution in [0.5, 0.6) is 0 Å². The maximum absolute atomic E-state index is 2.12. The molecule has 0 spiro atoms. The van der Waals surface area contributed by atoms with Crippen LogP contribution in [0.1, 0.15) is 87.5 Å². The molecule has 0 unspecified atom stereocenters. The largest absolute Gasteiger partial charge is 0.0776 e. The van der Waals surface area contributed by atoms with Gasteiger partial charge in [0.25, 0.3) is 0 Å². The van der Waals surface area contributed by atoms with E-state index in [0.29, 0.717) is 0 Å². The molecule has 13 heavy (non-hydrogen) atoms. The van der Waals surface area contributed by atoms with E-state index in [4.69, 9.17) is 0 Å². The molecular formula is C13H34. The van der Waals surface area contributed by atoms with E-state index in [2.05, 4.69) is 13.8 Å². The fraction of sp³-hybridized carbons (Fsp3) is 1.00. The Kier molecular flexibility index (Phi) is 71.7. The van der Waals surface area contributed by atoms with E-state index < -0.39 is 0 Å². The Morgan fingerprint density at radius 2 is 0.692 bits per heavy atom. The van der Waals surface area contributed by atoms with Gasteiger partial charge in [-0.05, 0) is 0 Å². The second kappa shape index (κ2) is 40.3. The minimum absolute atomic E-state index is 0. The van der Waals surface area contributed by atoms with Crippen molar-refractivity contribution in [3.63, 3.8) is 0 Å². The molecule has 1 saturated carbocycles. The summed E-state index contributed by atoms with van der Waals surface area (Å²) < 4.78 is 0. The lowest BCUT2D eigenvalue weighted by Gasteiger charge is -1.67. The van der Waals surface area contributed by atoms with Crippen LogP contribution < -0.4 is 0 Å². The smallest absolute Gasteiger partial charge is 0.0533 e. The highest BCUT2D eigenvalue weighted by Crippen LogP contribution is 2.15. The molecule has 0 atom stereocenters. The van der Waals surface area contributed by atoms with E-state index in [-0.39, 0.29) is 7.43 Å². The van der Waals surface area contributed by atoms with Crippen LogP contribution in [-0.4, -0.2) is 0 Å². The molecule has 0 heteroatoms. The first-order valence-electron chi connectivity index (χ1n) is 5.91. The molecule has 1 fully saturated rings. The third kappa shape index (κ3) is 48.0. The minimum Gasteiger partial charge on any atom is -0.0776 e. The summed E-state index contributed by atoms with van der Waals surface area (Å²) >= 11 is 0. The molecule has 0 amide bonds. The van der Waals surface area contributed by atoms with Crippen LogP contribution in [0.15, 0.2) is 0 Å². The molecule has 0 aromatic rings. The summed E-state index contributed by atoms with van der Waals surface area (Å²) in [5.74, 6) is 0. The zero-order valence-corrected chi connectivity index (χ0v) is 10.2. The first-order valence-corrected chi connectivity index (χ1v) is 5.91. The van der Waals surface area contributed by atoms with Crippen molar-refractivity contribution in [3.8, 4) is 0 Å². The van der Waals surface area contributed by atoms with E-state index in [1.54, 1.807) is 0 Å². The predicted octanol–water partition coefficient (Wildman–Crippen LogP) is 6.06. The predicted molar refractivity (Wildman–Crippen MR) is 68.5 cm³/mol. The van der Waals surface area contributed by atoms with Crippen molar-refractivity contribution in [2.24, 2.45) is 0 Å². The zero-order chi connectivity index (χ0) is 10.2. The average molecular weight is 190 g/mol. The summed E-state index contributed by atoms with van der Waals surface area (Å²) in [5.41, 5.74) is 0. The molecule has 0 heterocycles. The van der Waals surface area contributed by atoms with Crippen molar-refractivity contribution in [2.45, 2.75) is 87.5 Å². The van der Waals surface area contributed by atoms with Gasteiger partial charge in [-0.25, -0.2) is 0 Å². The van der Waals surface area contributed by atoms with Gasteiger partial charge < -0.3 is 0 Å². The van der Waals surface area contributed by atoms with Gasteiger partial charge in [-0.3, -0.25) is 0 Å². The van der Waals surface area contributed by atoms with Crippen LogP contribution in [0.2, 0.25) is 0 Å². The average Bonchev–Trinajstić information content (AvgIpc) is 2.69. The molecular weight excluding hydrogens is 156 g/mol. The first-order chi connectivity index (χ1) is 5.91. The molecule has 1 rings (SSSR count). The maximum atomic E-state index is 2.12. The van der Waals surface area contributed by atoms with Crippen molar-refractivity contribution in [1.29, 1.82) is 0 Å². The third-order valence-corrected chi connectivity index (χ3v) is 1.25. The Hall–Kier alpha value is 0. The molecule has 0 saturated heterocycles. The number of hydrogen-bond acceptors (Lipinski definition) is 0.